The van der Waals surface area contributed by atoms with E-state index >= 15 is 0 Å². The fraction of sp³-hybridized carbons (Fsp3) is 0.235. The topological polar surface area (TPSA) is 59.6 Å². The van der Waals surface area contributed by atoms with Crippen molar-refractivity contribution in [3.63, 3.8) is 0 Å². The fourth-order valence-electron chi connectivity index (χ4n) is 2.20. The first-order valence-electron chi connectivity index (χ1n) is 7.19. The predicted molar refractivity (Wildman–Crippen MR) is 86.5 cm³/mol. The van der Waals surface area contributed by atoms with Crippen molar-refractivity contribution in [2.45, 2.75) is 13.0 Å². The van der Waals surface area contributed by atoms with Crippen LogP contribution in [0.3, 0.4) is 0 Å². The van der Waals surface area contributed by atoms with Gasteiger partial charge in [0.05, 0.1) is 25.9 Å². The highest BCUT2D eigenvalue weighted by Gasteiger charge is 2.16. The maximum atomic E-state index is 13.6. The summed E-state index contributed by atoms with van der Waals surface area (Å²) in [5.41, 5.74) is 0.448. The van der Waals surface area contributed by atoms with Gasteiger partial charge in [-0.3, -0.25) is 0 Å². The Morgan fingerprint density at radius 1 is 1.08 bits per heavy atom. The van der Waals surface area contributed by atoms with Crippen molar-refractivity contribution in [3.8, 4) is 11.5 Å². The smallest absolute Gasteiger partial charge is 0.319 e. The van der Waals surface area contributed by atoms with Crippen LogP contribution in [-0.4, -0.2) is 20.3 Å². The molecule has 0 saturated carbocycles. The zero-order valence-corrected chi connectivity index (χ0v) is 13.5. The Labute approximate surface area is 138 Å². The van der Waals surface area contributed by atoms with Gasteiger partial charge in [0.2, 0.25) is 0 Å². The van der Waals surface area contributed by atoms with E-state index in [9.17, 15) is 13.6 Å². The molecular formula is C17H18F2N2O3. The second-order valence-corrected chi connectivity index (χ2v) is 5.05. The van der Waals surface area contributed by atoms with Crippen LogP contribution >= 0.6 is 0 Å². The molecule has 24 heavy (non-hydrogen) atoms. The van der Waals surface area contributed by atoms with Gasteiger partial charge in [-0.15, -0.1) is 0 Å². The molecule has 1 atom stereocenters. The van der Waals surface area contributed by atoms with Crippen LogP contribution in [0, 0.1) is 11.6 Å². The average molecular weight is 336 g/mol. The molecule has 5 nitrogen and oxygen atoms in total. The molecule has 0 aromatic heterocycles. The molecule has 0 radical (unpaired) electrons. The Hall–Kier alpha value is -2.83. The van der Waals surface area contributed by atoms with Crippen LogP contribution in [-0.2, 0) is 0 Å². The van der Waals surface area contributed by atoms with Gasteiger partial charge in [0.15, 0.2) is 0 Å². The number of benzene rings is 2. The molecule has 2 aromatic carbocycles. The molecule has 2 rings (SSSR count). The van der Waals surface area contributed by atoms with Crippen molar-refractivity contribution in [1.29, 1.82) is 0 Å². The first-order chi connectivity index (χ1) is 11.4. The van der Waals surface area contributed by atoms with Crippen molar-refractivity contribution in [2.75, 3.05) is 19.5 Å². The molecule has 0 spiro atoms. The van der Waals surface area contributed by atoms with Gasteiger partial charge in [0, 0.05) is 11.6 Å². The summed E-state index contributed by atoms with van der Waals surface area (Å²) >= 11 is 0. The number of amides is 2. The molecule has 0 aliphatic carbocycles. The second-order valence-electron chi connectivity index (χ2n) is 5.05. The van der Waals surface area contributed by atoms with Crippen LogP contribution in [0.25, 0.3) is 0 Å². The van der Waals surface area contributed by atoms with Gasteiger partial charge >= 0.3 is 6.03 Å². The summed E-state index contributed by atoms with van der Waals surface area (Å²) in [6.45, 7) is 1.73. The molecule has 0 bridgehead atoms. The Balaban J connectivity index is 2.12. The number of anilines is 1. The van der Waals surface area contributed by atoms with Crippen LogP contribution < -0.4 is 20.1 Å². The van der Waals surface area contributed by atoms with Gasteiger partial charge in [-0.1, -0.05) is 0 Å². The Morgan fingerprint density at radius 3 is 2.50 bits per heavy atom. The summed E-state index contributed by atoms with van der Waals surface area (Å²) < 4.78 is 37.1. The Morgan fingerprint density at radius 2 is 1.83 bits per heavy atom. The monoisotopic (exact) mass is 336 g/mol. The first-order valence-corrected chi connectivity index (χ1v) is 7.19. The third kappa shape index (κ3) is 4.13. The van der Waals surface area contributed by atoms with Crippen LogP contribution in [0.5, 0.6) is 11.5 Å². The number of hydrogen-bond donors (Lipinski definition) is 2. The van der Waals surface area contributed by atoms with E-state index in [-0.39, 0.29) is 5.69 Å². The number of rotatable bonds is 5. The molecule has 0 aliphatic rings. The quantitative estimate of drug-likeness (QED) is 0.871. The number of carbonyl (C=O) groups is 1. The molecule has 2 N–H and O–H groups in total. The molecule has 128 valence electrons. The maximum absolute atomic E-state index is 13.6. The summed E-state index contributed by atoms with van der Waals surface area (Å²) in [6.07, 6.45) is 0. The molecule has 0 heterocycles. The van der Waals surface area contributed by atoms with Crippen molar-refractivity contribution in [1.82, 2.24) is 5.32 Å². The Kier molecular flexibility index (Phi) is 5.57. The molecule has 0 saturated heterocycles. The predicted octanol–water partition coefficient (Wildman–Crippen LogP) is 3.86. The number of halogens is 2. The van der Waals surface area contributed by atoms with E-state index in [1.807, 2.05) is 0 Å². The highest BCUT2D eigenvalue weighted by Crippen LogP contribution is 2.29. The van der Waals surface area contributed by atoms with E-state index in [0.717, 1.165) is 18.2 Å². The number of urea groups is 1. The lowest BCUT2D eigenvalue weighted by molar-refractivity contribution is 0.249. The lowest BCUT2D eigenvalue weighted by Gasteiger charge is -2.18. The van der Waals surface area contributed by atoms with Crippen LogP contribution in [0.15, 0.2) is 36.4 Å². The van der Waals surface area contributed by atoms with Gasteiger partial charge < -0.3 is 20.1 Å². The molecule has 1 unspecified atom stereocenters. The highest BCUT2D eigenvalue weighted by atomic mass is 19.1. The van der Waals surface area contributed by atoms with Crippen molar-refractivity contribution < 1.29 is 23.0 Å². The molecule has 0 fully saturated rings. The number of ether oxygens (including phenoxy) is 2. The van der Waals surface area contributed by atoms with Gasteiger partial charge in [-0.05, 0) is 37.3 Å². The van der Waals surface area contributed by atoms with E-state index in [2.05, 4.69) is 10.6 Å². The van der Waals surface area contributed by atoms with Gasteiger partial charge in [0.1, 0.15) is 23.1 Å². The lowest BCUT2D eigenvalue weighted by atomic mass is 10.1. The Bertz CT molecular complexity index is 738. The van der Waals surface area contributed by atoms with Crippen LogP contribution in [0.4, 0.5) is 19.3 Å². The van der Waals surface area contributed by atoms with Gasteiger partial charge in [-0.25, -0.2) is 13.6 Å². The van der Waals surface area contributed by atoms with Crippen LogP contribution in [0.1, 0.15) is 18.5 Å². The SMILES string of the molecule is COc1ccc(OC)c(C(C)NC(=O)Nc2cc(F)ccc2F)c1. The summed E-state index contributed by atoms with van der Waals surface area (Å²) in [7, 11) is 3.04. The molecule has 2 aromatic rings. The second kappa shape index (κ2) is 7.63. The van der Waals surface area contributed by atoms with Crippen LogP contribution in [0.2, 0.25) is 0 Å². The summed E-state index contributed by atoms with van der Waals surface area (Å²) in [4.78, 5) is 12.0. The van der Waals surface area contributed by atoms with E-state index in [1.54, 1.807) is 25.1 Å². The molecule has 0 aliphatic heterocycles. The van der Waals surface area contributed by atoms with Gasteiger partial charge in [-0.2, -0.15) is 0 Å². The van der Waals surface area contributed by atoms with E-state index in [4.69, 9.17) is 9.47 Å². The van der Waals surface area contributed by atoms with E-state index in [0.29, 0.717) is 17.1 Å². The fourth-order valence-corrected chi connectivity index (χ4v) is 2.20. The van der Waals surface area contributed by atoms with E-state index in [1.165, 1.54) is 14.2 Å². The minimum atomic E-state index is -0.724. The number of methoxy groups -OCH3 is 2. The minimum absolute atomic E-state index is 0.239. The standard InChI is InChI=1S/C17H18F2N2O3/c1-10(13-9-12(23-2)5-7-16(13)24-3)20-17(22)21-15-8-11(18)4-6-14(15)19/h4-10H,1-3H3,(H2,20,21,22). The van der Waals surface area contributed by atoms with Crippen molar-refractivity contribution in [2.24, 2.45) is 0 Å². The number of hydrogen-bond acceptors (Lipinski definition) is 3. The number of carbonyl (C=O) groups excluding carboxylic acids is 1. The van der Waals surface area contributed by atoms with Crippen molar-refractivity contribution in [3.05, 3.63) is 53.6 Å². The van der Waals surface area contributed by atoms with E-state index < -0.39 is 23.7 Å². The minimum Gasteiger partial charge on any atom is -0.497 e. The molecule has 2 amide bonds. The average Bonchev–Trinajstić information content (AvgIpc) is 2.57. The third-order valence-electron chi connectivity index (χ3n) is 3.43. The third-order valence-corrected chi connectivity index (χ3v) is 3.43. The number of nitrogens with one attached hydrogen (secondary N) is 2. The van der Waals surface area contributed by atoms with Crippen molar-refractivity contribution >= 4 is 11.7 Å². The highest BCUT2D eigenvalue weighted by molar-refractivity contribution is 5.89. The normalized spacial score (nSPS) is 11.5. The zero-order valence-electron chi connectivity index (χ0n) is 13.5. The first kappa shape index (κ1) is 17.5. The summed E-state index contributed by atoms with van der Waals surface area (Å²) in [5, 5.41) is 4.92. The lowest BCUT2D eigenvalue weighted by Crippen LogP contribution is -2.31. The largest absolute Gasteiger partial charge is 0.497 e. The molecular weight excluding hydrogens is 318 g/mol. The summed E-state index contributed by atoms with van der Waals surface area (Å²) in [6, 6.07) is 6.89. The van der Waals surface area contributed by atoms with Gasteiger partial charge in [0.25, 0.3) is 0 Å². The summed E-state index contributed by atoms with van der Waals surface area (Å²) in [5.74, 6) is -0.191. The maximum Gasteiger partial charge on any atom is 0.319 e. The molecule has 7 heteroatoms. The zero-order chi connectivity index (χ0) is 17.7.